The average molecular weight is 384 g/mol. The number of morpholine rings is 1. The molecule has 2 unspecified atom stereocenters. The first-order valence-electron chi connectivity index (χ1n) is 9.47. The number of ether oxygens (including phenoxy) is 1. The van der Waals surface area contributed by atoms with Crippen LogP contribution in [0.15, 0.2) is 54.6 Å². The molecule has 1 aliphatic rings. The maximum absolute atomic E-state index is 14.0. The molecule has 0 saturated carbocycles. The zero-order valence-electron chi connectivity index (χ0n) is 15.9. The van der Waals surface area contributed by atoms with Gasteiger partial charge in [0, 0.05) is 32.9 Å². The molecule has 3 rings (SSSR count). The summed E-state index contributed by atoms with van der Waals surface area (Å²) in [7, 11) is 0. The molecule has 0 spiro atoms. The number of carbonyl (C=O) groups is 2. The Kier molecular flexibility index (Phi) is 6.76. The maximum Gasteiger partial charge on any atom is 0.245 e. The molecule has 2 aromatic carbocycles. The van der Waals surface area contributed by atoms with Gasteiger partial charge in [0.1, 0.15) is 11.9 Å². The van der Waals surface area contributed by atoms with Crippen LogP contribution in [-0.4, -0.2) is 48.6 Å². The van der Waals surface area contributed by atoms with Crippen LogP contribution in [0, 0.1) is 5.82 Å². The van der Waals surface area contributed by atoms with E-state index in [0.717, 1.165) is 5.56 Å². The Labute approximate surface area is 164 Å². The zero-order valence-corrected chi connectivity index (χ0v) is 15.9. The molecule has 28 heavy (non-hydrogen) atoms. The second-order valence-corrected chi connectivity index (χ2v) is 7.02. The number of hydrogen-bond donors (Lipinski definition) is 1. The Hall–Kier alpha value is -2.73. The molecule has 0 bridgehead atoms. The van der Waals surface area contributed by atoms with Crippen molar-refractivity contribution in [2.75, 3.05) is 19.7 Å². The van der Waals surface area contributed by atoms with E-state index >= 15 is 0 Å². The Morgan fingerprint density at radius 1 is 1.18 bits per heavy atom. The van der Waals surface area contributed by atoms with E-state index in [2.05, 4.69) is 5.32 Å². The van der Waals surface area contributed by atoms with Gasteiger partial charge in [-0.3, -0.25) is 9.59 Å². The number of nitrogens with zero attached hydrogens (tertiary/aromatic N) is 1. The summed E-state index contributed by atoms with van der Waals surface area (Å²) in [6.07, 6.45) is 0.723. The van der Waals surface area contributed by atoms with E-state index in [-0.39, 0.29) is 30.2 Å². The average Bonchev–Trinajstić information content (AvgIpc) is 2.69. The van der Waals surface area contributed by atoms with Crippen LogP contribution in [0.2, 0.25) is 0 Å². The molecule has 0 radical (unpaired) electrons. The molecule has 148 valence electrons. The summed E-state index contributed by atoms with van der Waals surface area (Å²) in [5, 5.41) is 2.68. The minimum absolute atomic E-state index is 0.105. The van der Waals surface area contributed by atoms with E-state index in [9.17, 15) is 14.0 Å². The standard InChI is InChI=1S/C22H25FN2O3/c1-16(26)24-21(14-18-9-5-6-10-20(18)23)22(27)25-11-12-28-19(15-25)13-17-7-3-2-4-8-17/h2-10,19,21H,11-15H2,1H3,(H,24,26). The number of hydrogen-bond acceptors (Lipinski definition) is 3. The van der Waals surface area contributed by atoms with E-state index in [1.165, 1.54) is 13.0 Å². The number of rotatable bonds is 6. The van der Waals surface area contributed by atoms with Crippen molar-refractivity contribution < 1.29 is 18.7 Å². The monoisotopic (exact) mass is 384 g/mol. The summed E-state index contributed by atoms with van der Waals surface area (Å²) in [5.41, 5.74) is 1.55. The third kappa shape index (κ3) is 5.39. The minimum atomic E-state index is -0.801. The molecule has 5 nitrogen and oxygen atoms in total. The van der Waals surface area contributed by atoms with Gasteiger partial charge < -0.3 is 15.0 Å². The van der Waals surface area contributed by atoms with Gasteiger partial charge in [0.25, 0.3) is 0 Å². The van der Waals surface area contributed by atoms with Crippen LogP contribution in [0.1, 0.15) is 18.1 Å². The highest BCUT2D eigenvalue weighted by Gasteiger charge is 2.30. The van der Waals surface area contributed by atoms with Crippen LogP contribution < -0.4 is 5.32 Å². The molecule has 1 fully saturated rings. The van der Waals surface area contributed by atoms with E-state index in [1.54, 1.807) is 23.1 Å². The van der Waals surface area contributed by atoms with Crippen LogP contribution in [0.4, 0.5) is 4.39 Å². The lowest BCUT2D eigenvalue weighted by molar-refractivity contribution is -0.142. The molecule has 0 aromatic heterocycles. The Morgan fingerprint density at radius 3 is 2.61 bits per heavy atom. The molecule has 1 saturated heterocycles. The second-order valence-electron chi connectivity index (χ2n) is 7.02. The molecule has 1 N–H and O–H groups in total. The fourth-order valence-corrected chi connectivity index (χ4v) is 3.47. The van der Waals surface area contributed by atoms with Gasteiger partial charge in [-0.1, -0.05) is 48.5 Å². The number of halogens is 1. The van der Waals surface area contributed by atoms with Crippen LogP contribution in [0.5, 0.6) is 0 Å². The number of nitrogens with one attached hydrogen (secondary N) is 1. The van der Waals surface area contributed by atoms with Crippen LogP contribution in [0.25, 0.3) is 0 Å². The highest BCUT2D eigenvalue weighted by atomic mass is 19.1. The molecule has 2 amide bonds. The topological polar surface area (TPSA) is 58.6 Å². The number of carbonyl (C=O) groups excluding carboxylic acids is 2. The van der Waals surface area contributed by atoms with Gasteiger partial charge in [-0.15, -0.1) is 0 Å². The molecule has 1 heterocycles. The third-order valence-corrected chi connectivity index (χ3v) is 4.81. The van der Waals surface area contributed by atoms with Crippen molar-refractivity contribution in [1.82, 2.24) is 10.2 Å². The zero-order chi connectivity index (χ0) is 19.9. The SMILES string of the molecule is CC(=O)NC(Cc1ccccc1F)C(=O)N1CCOC(Cc2ccccc2)C1. The summed E-state index contributed by atoms with van der Waals surface area (Å²) in [6, 6.07) is 15.5. The molecule has 2 atom stereocenters. The van der Waals surface area contributed by atoms with Gasteiger partial charge in [-0.2, -0.15) is 0 Å². The van der Waals surface area contributed by atoms with E-state index in [4.69, 9.17) is 4.74 Å². The summed E-state index contributed by atoms with van der Waals surface area (Å²) < 4.78 is 19.9. The summed E-state index contributed by atoms with van der Waals surface area (Å²) >= 11 is 0. The lowest BCUT2D eigenvalue weighted by Crippen LogP contribution is -2.54. The van der Waals surface area contributed by atoms with Crippen molar-refractivity contribution >= 4 is 11.8 Å². The molecular formula is C22H25FN2O3. The summed E-state index contributed by atoms with van der Waals surface area (Å²) in [6.45, 7) is 2.70. The molecular weight excluding hydrogens is 359 g/mol. The molecule has 1 aliphatic heterocycles. The number of amides is 2. The quantitative estimate of drug-likeness (QED) is 0.832. The maximum atomic E-state index is 14.0. The Balaban J connectivity index is 1.68. The summed E-state index contributed by atoms with van der Waals surface area (Å²) in [4.78, 5) is 26.4. The van der Waals surface area contributed by atoms with Gasteiger partial charge in [0.15, 0.2) is 0 Å². The fraction of sp³-hybridized carbons (Fsp3) is 0.364. The Bertz CT molecular complexity index is 812. The molecule has 0 aliphatic carbocycles. The lowest BCUT2D eigenvalue weighted by Gasteiger charge is -2.35. The van der Waals surface area contributed by atoms with Crippen molar-refractivity contribution in [3.63, 3.8) is 0 Å². The van der Waals surface area contributed by atoms with Crippen molar-refractivity contribution in [1.29, 1.82) is 0 Å². The van der Waals surface area contributed by atoms with Gasteiger partial charge in [0.05, 0.1) is 12.7 Å². The molecule has 6 heteroatoms. The van der Waals surface area contributed by atoms with E-state index in [1.807, 2.05) is 30.3 Å². The van der Waals surface area contributed by atoms with Gasteiger partial charge >= 0.3 is 0 Å². The Morgan fingerprint density at radius 2 is 1.89 bits per heavy atom. The van der Waals surface area contributed by atoms with Crippen molar-refractivity contribution in [2.24, 2.45) is 0 Å². The van der Waals surface area contributed by atoms with Gasteiger partial charge in [-0.25, -0.2) is 4.39 Å². The first-order valence-corrected chi connectivity index (χ1v) is 9.47. The predicted octanol–water partition coefficient (Wildman–Crippen LogP) is 2.34. The lowest BCUT2D eigenvalue weighted by atomic mass is 10.0. The largest absolute Gasteiger partial charge is 0.374 e. The van der Waals surface area contributed by atoms with Gasteiger partial charge in [-0.05, 0) is 17.2 Å². The minimum Gasteiger partial charge on any atom is -0.374 e. The summed E-state index contributed by atoms with van der Waals surface area (Å²) in [5.74, 6) is -0.904. The van der Waals surface area contributed by atoms with Crippen molar-refractivity contribution in [3.8, 4) is 0 Å². The fourth-order valence-electron chi connectivity index (χ4n) is 3.47. The first kappa shape index (κ1) is 20.0. The molecule has 2 aromatic rings. The highest BCUT2D eigenvalue weighted by molar-refractivity contribution is 5.87. The third-order valence-electron chi connectivity index (χ3n) is 4.81. The highest BCUT2D eigenvalue weighted by Crippen LogP contribution is 2.15. The second kappa shape index (κ2) is 9.46. The van der Waals surface area contributed by atoms with E-state index < -0.39 is 6.04 Å². The van der Waals surface area contributed by atoms with E-state index in [0.29, 0.717) is 31.7 Å². The normalized spacial score (nSPS) is 17.8. The predicted molar refractivity (Wildman–Crippen MR) is 104 cm³/mol. The van der Waals surface area contributed by atoms with Crippen molar-refractivity contribution in [3.05, 3.63) is 71.5 Å². The smallest absolute Gasteiger partial charge is 0.245 e. The van der Waals surface area contributed by atoms with Crippen molar-refractivity contribution in [2.45, 2.75) is 31.9 Å². The van der Waals surface area contributed by atoms with Gasteiger partial charge in [0.2, 0.25) is 11.8 Å². The first-order chi connectivity index (χ1) is 13.5. The van der Waals surface area contributed by atoms with Crippen LogP contribution in [-0.2, 0) is 27.2 Å². The van der Waals surface area contributed by atoms with Crippen LogP contribution in [0.3, 0.4) is 0 Å². The number of benzene rings is 2. The van der Waals surface area contributed by atoms with Crippen LogP contribution >= 0.6 is 0 Å².